The van der Waals surface area contributed by atoms with Crippen LogP contribution < -0.4 is 12.3 Å². The van der Waals surface area contributed by atoms with Crippen LogP contribution in [0.5, 0.6) is 0 Å². The normalized spacial score (nSPS) is 40.0. The van der Waals surface area contributed by atoms with Crippen molar-refractivity contribution in [3.05, 3.63) is 0 Å². The molecule has 6 rings (SSSR count). The van der Waals surface area contributed by atoms with Crippen molar-refractivity contribution in [3.8, 4) is 0 Å². The van der Waals surface area contributed by atoms with Crippen LogP contribution in [0.3, 0.4) is 0 Å². The van der Waals surface area contributed by atoms with E-state index >= 15 is 0 Å². The molecule has 6 aliphatic heterocycles. The van der Waals surface area contributed by atoms with Gasteiger partial charge in [-0.2, -0.15) is 0 Å². The van der Waals surface area contributed by atoms with Gasteiger partial charge in [0.15, 0.2) is 0 Å². The van der Waals surface area contributed by atoms with E-state index < -0.39 is 85.7 Å². The number of hydrogen-bond donors (Lipinski definition) is 14. The molecule has 30 N–H and O–H groups in total. The van der Waals surface area contributed by atoms with Gasteiger partial charge in [-0.05, 0) is 0 Å². The molecule has 0 amide bonds. The Hall–Kier alpha value is 0.00571. The van der Waals surface area contributed by atoms with Gasteiger partial charge in [0.2, 0.25) is 0 Å². The van der Waals surface area contributed by atoms with Crippen molar-refractivity contribution >= 4 is 85.7 Å². The zero-order chi connectivity index (χ0) is 28.1. The molecule has 45 heavy (non-hydrogen) atoms. The Morgan fingerprint density at radius 1 is 0.333 bits per heavy atom. The summed E-state index contributed by atoms with van der Waals surface area (Å²) in [6.07, 6.45) is 0. The maximum Gasteiger partial charge on any atom is 2.00 e. The first-order valence-electron chi connectivity index (χ1n) is 10.2. The van der Waals surface area contributed by atoms with Gasteiger partial charge in [-0.3, -0.25) is 0 Å². The molecule has 32 nitrogen and oxygen atoms in total. The minimum absolute atomic E-state index is 0. The van der Waals surface area contributed by atoms with Crippen LogP contribution in [-0.2, 0) is 90.8 Å². The molecule has 0 spiro atoms. The van der Waals surface area contributed by atoms with E-state index in [2.05, 4.69) is 54.9 Å². The second-order valence-electron chi connectivity index (χ2n) is 7.92. The van der Waals surface area contributed by atoms with Crippen LogP contribution in [0.1, 0.15) is 0 Å². The first kappa shape index (κ1) is 49.4. The first-order valence-corrected chi connectivity index (χ1v) is 10.2. The Labute approximate surface area is 260 Å². The molecule has 0 atom stereocenters. The van der Waals surface area contributed by atoms with Crippen LogP contribution in [0, 0.1) is 0 Å². The zero-order valence-electron chi connectivity index (χ0n) is 22.5. The number of hydrogen-bond acceptors (Lipinski definition) is 24. The van der Waals surface area contributed by atoms with Crippen molar-refractivity contribution in [2.75, 3.05) is 0 Å². The Morgan fingerprint density at radius 2 is 0.422 bits per heavy atom. The molecule has 0 aromatic carbocycles. The Morgan fingerprint density at radius 3 is 0.511 bits per heavy atom. The minimum atomic E-state index is -3.93. The molecule has 263 valence electrons. The van der Waals surface area contributed by atoms with Crippen LogP contribution in [-0.4, -0.2) is 157 Å². The van der Waals surface area contributed by atoms with Crippen molar-refractivity contribution in [2.24, 2.45) is 0 Å². The minimum Gasteiger partial charge on any atom is -0.981 e. The van der Waals surface area contributed by atoms with E-state index in [0.717, 1.165) is 8.24 Å². The fourth-order valence-corrected chi connectivity index (χ4v) is 4.22. The van der Waals surface area contributed by atoms with Crippen molar-refractivity contribution < 1.29 is 162 Å². The largest absolute Gasteiger partial charge is 2.00 e. The molecule has 0 saturated carbocycles. The second kappa shape index (κ2) is 15.7. The van der Waals surface area contributed by atoms with Gasteiger partial charge in [0.25, 0.3) is 0 Å². The van der Waals surface area contributed by atoms with E-state index in [9.17, 15) is 60.3 Å². The summed E-state index contributed by atoms with van der Waals surface area (Å²) < 4.78 is 54.9. The molecular formula is H30B12CoN2O30+2. The van der Waals surface area contributed by atoms with E-state index in [1.54, 1.807) is 0 Å². The first-order chi connectivity index (χ1) is 17.3. The maximum atomic E-state index is 9.95. The molecule has 0 aromatic rings. The van der Waals surface area contributed by atoms with Gasteiger partial charge in [-0.25, -0.2) is 0 Å². The van der Waals surface area contributed by atoms with Crippen LogP contribution in [0.4, 0.5) is 0 Å². The summed E-state index contributed by atoms with van der Waals surface area (Å²) in [6, 6.07) is 0. The number of rotatable bonds is 0. The van der Waals surface area contributed by atoms with Gasteiger partial charge in [0, 0.05) is 0 Å². The molecule has 6 aliphatic rings. The molecule has 1 radical (unpaired) electrons. The van der Waals surface area contributed by atoms with Gasteiger partial charge in [0.1, 0.15) is 0 Å². The third-order valence-electron chi connectivity index (χ3n) is 5.52. The van der Waals surface area contributed by atoms with Crippen molar-refractivity contribution in [1.82, 2.24) is 12.3 Å². The Bertz CT molecular complexity index is 709. The van der Waals surface area contributed by atoms with E-state index in [4.69, 9.17) is 0 Å². The molecule has 0 aromatic heterocycles. The monoisotopic (exact) mass is 729 g/mol. The second-order valence-corrected chi connectivity index (χ2v) is 7.92. The van der Waals surface area contributed by atoms with Crippen LogP contribution in [0.15, 0.2) is 0 Å². The molecule has 0 bridgehead atoms. The zero-order valence-corrected chi connectivity index (χ0v) is 23.5. The van der Waals surface area contributed by atoms with Crippen LogP contribution in [0.2, 0.25) is 0 Å². The van der Waals surface area contributed by atoms with Crippen molar-refractivity contribution in [1.29, 1.82) is 0 Å². The smallest absolute Gasteiger partial charge is 0.981 e. The van der Waals surface area contributed by atoms with Crippen LogP contribution in [0.25, 0.3) is 0 Å². The average Bonchev–Trinajstić information content (AvgIpc) is 2.60. The topological polar surface area (TPSA) is 561 Å². The summed E-state index contributed by atoms with van der Waals surface area (Å²) in [6.45, 7) is -23.6. The predicted octanol–water partition coefficient (Wildman–Crippen LogP) is -15.0. The fraction of sp³-hybridized carbons (Fsp3) is 0. The Kier molecular flexibility index (Phi) is 17.2. The van der Waals surface area contributed by atoms with E-state index in [1.807, 2.05) is 0 Å². The summed E-state index contributed by atoms with van der Waals surface area (Å²) in [4.78, 5) is 0. The quantitative estimate of drug-likeness (QED) is 0.0813. The molecule has 6 fully saturated rings. The van der Waals surface area contributed by atoms with Gasteiger partial charge >= 0.3 is 102 Å². The van der Waals surface area contributed by atoms with Gasteiger partial charge in [-0.15, -0.1) is 0 Å². The molecule has 45 heteroatoms. The van der Waals surface area contributed by atoms with Crippen molar-refractivity contribution in [3.63, 3.8) is 0 Å². The van der Waals surface area contributed by atoms with E-state index in [-0.39, 0.29) is 51.0 Å². The molecular weight excluding hydrogens is 697 g/mol. The molecule has 0 aliphatic carbocycles. The van der Waals surface area contributed by atoms with E-state index in [1.165, 1.54) is 0 Å². The van der Waals surface area contributed by atoms with Gasteiger partial charge < -0.3 is 158 Å². The predicted molar refractivity (Wildman–Crippen MR) is 140 cm³/mol. The molecule has 6 heterocycles. The molecule has 6 saturated heterocycles. The maximum absolute atomic E-state index is 9.95. The summed E-state index contributed by atoms with van der Waals surface area (Å²) in [5, 5.41) is 115. The third-order valence-corrected chi connectivity index (χ3v) is 5.52. The summed E-state index contributed by atoms with van der Waals surface area (Å²) in [5.74, 6) is 0. The average molecular weight is 727 g/mol. The standard InChI is InChI=1S/2B6H6O13.Co.2H3N.4H2O/c2*7-1-13-4(10)15-2(8)17-6(12)18-3(9)16-5(11,14-1)19(4)6;;;;;;;/h2*7-12H;;2*1H3;4*1H2/q2*-2;+2;;;;;;/p+4. The van der Waals surface area contributed by atoms with Crippen LogP contribution >= 0.6 is 0 Å². The summed E-state index contributed by atoms with van der Waals surface area (Å²) in [7, 11) is -13.5. The fourth-order valence-electron chi connectivity index (χ4n) is 4.22. The summed E-state index contributed by atoms with van der Waals surface area (Å²) in [5.41, 5.74) is 0. The van der Waals surface area contributed by atoms with Gasteiger partial charge in [-0.1, -0.05) is 0 Å². The van der Waals surface area contributed by atoms with Gasteiger partial charge in [0.05, 0.1) is 0 Å². The number of quaternary nitrogens is 2. The summed E-state index contributed by atoms with van der Waals surface area (Å²) >= 11 is 0. The molecule has 0 unspecified atom stereocenters. The van der Waals surface area contributed by atoms with Crippen molar-refractivity contribution in [2.45, 2.75) is 0 Å². The Balaban J connectivity index is -0.000000678. The third kappa shape index (κ3) is 8.42. The van der Waals surface area contributed by atoms with E-state index in [0.29, 0.717) is 0 Å². The SMILES string of the molecule is O.O.OB1O[B-]2(O)OB(O)O[B-]3(O)OB(O)O[B-](O)(O1)[O+]23.OB1O[B-]2(O)OB(O)O[B-]3(O)OB(O)O[B-](O)(O1)[O+]23.[Co+2].[NH4+].[NH4+].[OH3+].[OH3+].